The molecule has 0 saturated carbocycles. The largest absolute Gasteiger partial charge is 0.493 e. The van der Waals surface area contributed by atoms with Crippen LogP contribution in [0.15, 0.2) is 72.8 Å². The third kappa shape index (κ3) is 6.28. The first-order valence-corrected chi connectivity index (χ1v) is 11.3. The van der Waals surface area contributed by atoms with Gasteiger partial charge in [-0.1, -0.05) is 60.1 Å². The van der Waals surface area contributed by atoms with Crippen molar-refractivity contribution in [1.82, 2.24) is 0 Å². The highest BCUT2D eigenvalue weighted by atomic mass is 35.5. The van der Waals surface area contributed by atoms with E-state index in [0.717, 1.165) is 11.3 Å². The van der Waals surface area contributed by atoms with Crippen LogP contribution in [0, 0.1) is 0 Å². The van der Waals surface area contributed by atoms with E-state index in [0.29, 0.717) is 36.0 Å². The summed E-state index contributed by atoms with van der Waals surface area (Å²) < 4.78 is 22.2. The van der Waals surface area contributed by atoms with Crippen LogP contribution in [0.25, 0.3) is 11.1 Å². The van der Waals surface area contributed by atoms with Crippen LogP contribution >= 0.6 is 11.6 Å². The number of halogens is 1. The molecule has 0 aliphatic heterocycles. The molecule has 0 aromatic heterocycles. The van der Waals surface area contributed by atoms with Gasteiger partial charge in [-0.25, -0.2) is 4.79 Å². The van der Waals surface area contributed by atoms with Crippen molar-refractivity contribution >= 4 is 17.6 Å². The molecule has 33 heavy (non-hydrogen) atoms. The van der Waals surface area contributed by atoms with E-state index < -0.39 is 11.6 Å². The number of methoxy groups -OCH3 is 1. The summed E-state index contributed by atoms with van der Waals surface area (Å²) in [4.78, 5) is 12.3. The average molecular weight is 469 g/mol. The molecule has 3 aromatic carbocycles. The highest BCUT2D eigenvalue weighted by Crippen LogP contribution is 2.33. The second-order valence-electron chi connectivity index (χ2n) is 7.54. The standard InChI is InChI=1S/C27H29ClO5/c1-4-31-26(29)27(2,30-3)22-13-16-25(24(28)19-22)33-18-8-17-32-23-14-11-21(12-15-23)20-9-6-5-7-10-20/h5-7,9-16,19H,4,8,17-18H2,1-3H3. The van der Waals surface area contributed by atoms with Crippen LogP contribution in [0.5, 0.6) is 11.5 Å². The van der Waals surface area contributed by atoms with E-state index >= 15 is 0 Å². The van der Waals surface area contributed by atoms with Crippen molar-refractivity contribution in [2.45, 2.75) is 25.9 Å². The smallest absolute Gasteiger partial charge is 0.342 e. The van der Waals surface area contributed by atoms with Gasteiger partial charge in [0, 0.05) is 13.5 Å². The Morgan fingerprint density at radius 3 is 2.21 bits per heavy atom. The molecule has 3 aromatic rings. The van der Waals surface area contributed by atoms with Crippen molar-refractivity contribution in [3.8, 4) is 22.6 Å². The van der Waals surface area contributed by atoms with E-state index in [9.17, 15) is 4.79 Å². The molecule has 5 nitrogen and oxygen atoms in total. The Labute approximate surface area is 200 Å². The fraction of sp³-hybridized carbons (Fsp3) is 0.296. The Bertz CT molecular complexity index is 1040. The Hall–Kier alpha value is -3.02. The van der Waals surface area contributed by atoms with E-state index in [-0.39, 0.29) is 6.61 Å². The van der Waals surface area contributed by atoms with Crippen LogP contribution in [0.2, 0.25) is 5.02 Å². The van der Waals surface area contributed by atoms with Crippen LogP contribution in [0.4, 0.5) is 0 Å². The Kier molecular flexibility index (Phi) is 8.75. The molecule has 6 heteroatoms. The number of carbonyl (C=O) groups excluding carboxylic acids is 1. The molecule has 0 N–H and O–H groups in total. The van der Waals surface area contributed by atoms with Gasteiger partial charge in [0.1, 0.15) is 11.5 Å². The number of esters is 1. The molecule has 0 aliphatic carbocycles. The molecule has 0 spiro atoms. The summed E-state index contributed by atoms with van der Waals surface area (Å²) in [6, 6.07) is 23.4. The monoisotopic (exact) mass is 468 g/mol. The van der Waals surface area contributed by atoms with Gasteiger partial charge in [0.25, 0.3) is 0 Å². The van der Waals surface area contributed by atoms with Crippen molar-refractivity contribution in [1.29, 1.82) is 0 Å². The Morgan fingerprint density at radius 2 is 1.58 bits per heavy atom. The summed E-state index contributed by atoms with van der Waals surface area (Å²) in [5, 5.41) is 0.400. The van der Waals surface area contributed by atoms with E-state index in [1.165, 1.54) is 12.7 Å². The van der Waals surface area contributed by atoms with Gasteiger partial charge in [0.2, 0.25) is 0 Å². The molecule has 3 rings (SSSR count). The van der Waals surface area contributed by atoms with E-state index in [1.54, 1.807) is 32.0 Å². The minimum Gasteiger partial charge on any atom is -0.493 e. The molecule has 1 atom stereocenters. The maximum Gasteiger partial charge on any atom is 0.342 e. The summed E-state index contributed by atoms with van der Waals surface area (Å²) in [7, 11) is 1.46. The zero-order chi connectivity index (χ0) is 23.7. The minimum absolute atomic E-state index is 0.270. The summed E-state index contributed by atoms with van der Waals surface area (Å²) >= 11 is 6.38. The van der Waals surface area contributed by atoms with E-state index in [2.05, 4.69) is 12.1 Å². The molecule has 0 fully saturated rings. The maximum absolute atomic E-state index is 12.3. The highest BCUT2D eigenvalue weighted by molar-refractivity contribution is 6.32. The fourth-order valence-corrected chi connectivity index (χ4v) is 3.54. The molecular formula is C27H29ClO5. The van der Waals surface area contributed by atoms with Crippen molar-refractivity contribution < 1.29 is 23.7 Å². The lowest BCUT2D eigenvalue weighted by Gasteiger charge is -2.26. The van der Waals surface area contributed by atoms with Crippen LogP contribution in [0.3, 0.4) is 0 Å². The number of ether oxygens (including phenoxy) is 4. The normalized spacial score (nSPS) is 12.6. The molecular weight excluding hydrogens is 440 g/mol. The second-order valence-corrected chi connectivity index (χ2v) is 7.95. The van der Waals surface area contributed by atoms with Gasteiger partial charge in [0.15, 0.2) is 5.60 Å². The number of hydrogen-bond acceptors (Lipinski definition) is 5. The predicted octanol–water partition coefficient (Wildman–Crippen LogP) is 6.28. The van der Waals surface area contributed by atoms with Crippen LogP contribution < -0.4 is 9.47 Å². The van der Waals surface area contributed by atoms with E-state index in [1.807, 2.05) is 42.5 Å². The number of benzene rings is 3. The topological polar surface area (TPSA) is 54.0 Å². The van der Waals surface area contributed by atoms with Gasteiger partial charge < -0.3 is 18.9 Å². The first-order chi connectivity index (χ1) is 16.0. The van der Waals surface area contributed by atoms with Gasteiger partial charge in [-0.05, 0) is 54.8 Å². The molecule has 174 valence electrons. The van der Waals surface area contributed by atoms with E-state index in [4.69, 9.17) is 30.5 Å². The van der Waals surface area contributed by atoms with Gasteiger partial charge in [0.05, 0.1) is 24.8 Å². The summed E-state index contributed by atoms with van der Waals surface area (Å²) in [6.45, 7) is 4.64. The first-order valence-electron chi connectivity index (χ1n) is 10.9. The van der Waals surface area contributed by atoms with Crippen molar-refractivity contribution in [3.63, 3.8) is 0 Å². The molecule has 0 bridgehead atoms. The summed E-state index contributed by atoms with van der Waals surface area (Å²) in [5.74, 6) is 0.885. The number of rotatable bonds is 11. The lowest BCUT2D eigenvalue weighted by molar-refractivity contribution is -0.168. The van der Waals surface area contributed by atoms with Crippen LogP contribution in [0.1, 0.15) is 25.8 Å². The molecule has 0 aliphatic rings. The van der Waals surface area contributed by atoms with Crippen molar-refractivity contribution in [2.75, 3.05) is 26.9 Å². The minimum atomic E-state index is -1.23. The van der Waals surface area contributed by atoms with Crippen molar-refractivity contribution in [2.24, 2.45) is 0 Å². The Morgan fingerprint density at radius 1 is 0.909 bits per heavy atom. The maximum atomic E-state index is 12.3. The van der Waals surface area contributed by atoms with Gasteiger partial charge in [-0.3, -0.25) is 0 Å². The quantitative estimate of drug-likeness (QED) is 0.245. The fourth-order valence-electron chi connectivity index (χ4n) is 3.31. The Balaban J connectivity index is 1.48. The summed E-state index contributed by atoms with van der Waals surface area (Å²) in [6.07, 6.45) is 0.692. The lowest BCUT2D eigenvalue weighted by Crippen LogP contribution is -2.36. The van der Waals surface area contributed by atoms with Crippen molar-refractivity contribution in [3.05, 3.63) is 83.4 Å². The van der Waals surface area contributed by atoms with Crippen LogP contribution in [-0.2, 0) is 19.9 Å². The zero-order valence-electron chi connectivity index (χ0n) is 19.2. The molecule has 0 saturated heterocycles. The van der Waals surface area contributed by atoms with Gasteiger partial charge in [-0.15, -0.1) is 0 Å². The molecule has 0 amide bonds. The summed E-state index contributed by atoms with van der Waals surface area (Å²) in [5.41, 5.74) is 1.69. The first kappa shape index (κ1) is 24.6. The third-order valence-corrected chi connectivity index (χ3v) is 5.63. The number of carbonyl (C=O) groups is 1. The molecule has 0 heterocycles. The average Bonchev–Trinajstić information content (AvgIpc) is 2.85. The second kappa shape index (κ2) is 11.7. The third-order valence-electron chi connectivity index (χ3n) is 5.33. The highest BCUT2D eigenvalue weighted by Gasteiger charge is 2.37. The molecule has 0 radical (unpaired) electrons. The lowest BCUT2D eigenvalue weighted by atomic mass is 9.95. The van der Waals surface area contributed by atoms with Crippen LogP contribution in [-0.4, -0.2) is 32.9 Å². The number of hydrogen-bond donors (Lipinski definition) is 0. The molecule has 1 unspecified atom stereocenters. The van der Waals surface area contributed by atoms with Gasteiger partial charge >= 0.3 is 5.97 Å². The van der Waals surface area contributed by atoms with Gasteiger partial charge in [-0.2, -0.15) is 0 Å². The SMILES string of the molecule is CCOC(=O)C(C)(OC)c1ccc(OCCCOc2ccc(-c3ccccc3)cc2)c(Cl)c1. The predicted molar refractivity (Wildman–Crippen MR) is 130 cm³/mol. The zero-order valence-corrected chi connectivity index (χ0v) is 19.9.